The maximum atomic E-state index is 5.33. The molecule has 0 aromatic carbocycles. The van der Waals surface area contributed by atoms with Crippen LogP contribution in [0.25, 0.3) is 0 Å². The fraction of sp³-hybridized carbons (Fsp3) is 0.556. The van der Waals surface area contributed by atoms with Crippen molar-refractivity contribution in [1.82, 2.24) is 5.32 Å². The Balaban J connectivity index is 3.95. The van der Waals surface area contributed by atoms with Gasteiger partial charge in [0.1, 0.15) is 0 Å². The molecule has 64 valence electrons. The van der Waals surface area contributed by atoms with Gasteiger partial charge in [0.25, 0.3) is 0 Å². The SMILES string of the molecule is C=C(NCCN)C(C)=C(C)C. The van der Waals surface area contributed by atoms with Gasteiger partial charge >= 0.3 is 0 Å². The second-order valence-electron chi connectivity index (χ2n) is 2.82. The summed E-state index contributed by atoms with van der Waals surface area (Å²) in [6.07, 6.45) is 0. The molecule has 0 bridgehead atoms. The molecule has 2 nitrogen and oxygen atoms in total. The fourth-order valence-electron chi connectivity index (χ4n) is 0.657. The molecule has 3 N–H and O–H groups in total. The Labute approximate surface area is 69.2 Å². The molecule has 0 saturated heterocycles. The molecule has 0 aromatic heterocycles. The molecule has 11 heavy (non-hydrogen) atoms. The number of nitrogens with two attached hydrogens (primary N) is 1. The van der Waals surface area contributed by atoms with Crippen molar-refractivity contribution in [2.75, 3.05) is 13.1 Å². The molecule has 0 spiro atoms. The Kier molecular flexibility index (Phi) is 4.62. The van der Waals surface area contributed by atoms with E-state index in [1.165, 1.54) is 11.1 Å². The fourth-order valence-corrected chi connectivity index (χ4v) is 0.657. The summed E-state index contributed by atoms with van der Waals surface area (Å²) in [5.74, 6) is 0. The third-order valence-electron chi connectivity index (χ3n) is 1.69. The summed E-state index contributed by atoms with van der Waals surface area (Å²) in [7, 11) is 0. The third kappa shape index (κ3) is 3.83. The summed E-state index contributed by atoms with van der Waals surface area (Å²) in [4.78, 5) is 0. The Bertz CT molecular complexity index is 164. The van der Waals surface area contributed by atoms with Gasteiger partial charge in [-0.2, -0.15) is 0 Å². The molecule has 0 heterocycles. The largest absolute Gasteiger partial charge is 0.384 e. The average molecular weight is 154 g/mol. The van der Waals surface area contributed by atoms with E-state index in [0.717, 1.165) is 12.2 Å². The van der Waals surface area contributed by atoms with Gasteiger partial charge in [-0.1, -0.05) is 12.2 Å². The molecule has 0 aromatic rings. The van der Waals surface area contributed by atoms with E-state index in [4.69, 9.17) is 5.73 Å². The van der Waals surface area contributed by atoms with Crippen molar-refractivity contribution < 1.29 is 0 Å². The summed E-state index contributed by atoms with van der Waals surface area (Å²) in [5, 5.41) is 3.14. The van der Waals surface area contributed by atoms with Gasteiger partial charge in [0.05, 0.1) is 0 Å². The van der Waals surface area contributed by atoms with Crippen LogP contribution in [0, 0.1) is 0 Å². The lowest BCUT2D eigenvalue weighted by Crippen LogP contribution is -2.22. The summed E-state index contributed by atoms with van der Waals surface area (Å²) in [6.45, 7) is 11.5. The molecule has 0 fully saturated rings. The second kappa shape index (κ2) is 4.97. The molecule has 0 aliphatic heterocycles. The van der Waals surface area contributed by atoms with E-state index in [1.807, 2.05) is 0 Å². The van der Waals surface area contributed by atoms with Gasteiger partial charge in [-0.3, -0.25) is 0 Å². The molecule has 0 unspecified atom stereocenters. The molecule has 2 heteroatoms. The standard InChI is InChI=1S/C9H18N2/c1-7(2)8(3)9(4)11-6-5-10/h11H,4-6,10H2,1-3H3. The van der Waals surface area contributed by atoms with Crippen LogP contribution in [-0.4, -0.2) is 13.1 Å². The molecule has 0 atom stereocenters. The Morgan fingerprint density at radius 2 is 1.91 bits per heavy atom. The van der Waals surface area contributed by atoms with E-state index in [9.17, 15) is 0 Å². The van der Waals surface area contributed by atoms with Crippen LogP contribution in [0.2, 0.25) is 0 Å². The van der Waals surface area contributed by atoms with Crippen LogP contribution in [0.3, 0.4) is 0 Å². The summed E-state index contributed by atoms with van der Waals surface area (Å²) in [6, 6.07) is 0. The summed E-state index contributed by atoms with van der Waals surface area (Å²) >= 11 is 0. The predicted molar refractivity (Wildman–Crippen MR) is 50.2 cm³/mol. The van der Waals surface area contributed by atoms with Crippen LogP contribution in [0.4, 0.5) is 0 Å². The molecular formula is C9H18N2. The van der Waals surface area contributed by atoms with E-state index < -0.39 is 0 Å². The highest BCUT2D eigenvalue weighted by Crippen LogP contribution is 2.08. The van der Waals surface area contributed by atoms with Gasteiger partial charge < -0.3 is 11.1 Å². The van der Waals surface area contributed by atoms with Crippen molar-refractivity contribution in [2.45, 2.75) is 20.8 Å². The van der Waals surface area contributed by atoms with Crippen LogP contribution in [0.5, 0.6) is 0 Å². The van der Waals surface area contributed by atoms with Crippen molar-refractivity contribution >= 4 is 0 Å². The molecule has 0 saturated carbocycles. The van der Waals surface area contributed by atoms with E-state index in [0.29, 0.717) is 6.54 Å². The first-order valence-corrected chi connectivity index (χ1v) is 3.87. The van der Waals surface area contributed by atoms with E-state index in [-0.39, 0.29) is 0 Å². The highest BCUT2D eigenvalue weighted by molar-refractivity contribution is 5.28. The number of hydrogen-bond donors (Lipinski definition) is 2. The first kappa shape index (κ1) is 10.2. The van der Waals surface area contributed by atoms with Crippen LogP contribution >= 0.6 is 0 Å². The molecule has 0 rings (SSSR count). The topological polar surface area (TPSA) is 38.0 Å². The van der Waals surface area contributed by atoms with E-state index >= 15 is 0 Å². The summed E-state index contributed by atoms with van der Waals surface area (Å²) in [5.41, 5.74) is 8.83. The van der Waals surface area contributed by atoms with Crippen molar-refractivity contribution in [3.05, 3.63) is 23.4 Å². The van der Waals surface area contributed by atoms with Gasteiger partial charge in [-0.05, 0) is 26.3 Å². The molecule has 0 aliphatic carbocycles. The normalized spacial score (nSPS) is 9.09. The maximum Gasteiger partial charge on any atom is 0.0296 e. The first-order valence-electron chi connectivity index (χ1n) is 3.87. The minimum atomic E-state index is 0.648. The molecule has 0 radical (unpaired) electrons. The number of allylic oxidation sites excluding steroid dienone is 2. The monoisotopic (exact) mass is 154 g/mol. The van der Waals surface area contributed by atoms with Crippen LogP contribution in [0.15, 0.2) is 23.4 Å². The second-order valence-corrected chi connectivity index (χ2v) is 2.82. The zero-order valence-electron chi connectivity index (χ0n) is 7.70. The maximum absolute atomic E-state index is 5.33. The lowest BCUT2D eigenvalue weighted by atomic mass is 10.1. The Morgan fingerprint density at radius 1 is 1.36 bits per heavy atom. The average Bonchev–Trinajstić information content (AvgIpc) is 1.98. The minimum absolute atomic E-state index is 0.648. The highest BCUT2D eigenvalue weighted by atomic mass is 14.9. The molecular weight excluding hydrogens is 136 g/mol. The number of hydrogen-bond acceptors (Lipinski definition) is 2. The smallest absolute Gasteiger partial charge is 0.0296 e. The number of nitrogens with one attached hydrogen (secondary N) is 1. The lowest BCUT2D eigenvalue weighted by molar-refractivity contribution is 0.804. The van der Waals surface area contributed by atoms with Crippen LogP contribution < -0.4 is 11.1 Å². The van der Waals surface area contributed by atoms with Gasteiger partial charge in [0.2, 0.25) is 0 Å². The van der Waals surface area contributed by atoms with Gasteiger partial charge in [-0.15, -0.1) is 0 Å². The minimum Gasteiger partial charge on any atom is -0.384 e. The summed E-state index contributed by atoms with van der Waals surface area (Å²) < 4.78 is 0. The Morgan fingerprint density at radius 3 is 2.27 bits per heavy atom. The molecule has 0 aliphatic rings. The van der Waals surface area contributed by atoms with E-state index in [1.54, 1.807) is 0 Å². The highest BCUT2D eigenvalue weighted by Gasteiger charge is 1.95. The lowest BCUT2D eigenvalue weighted by Gasteiger charge is -2.09. The van der Waals surface area contributed by atoms with Gasteiger partial charge in [-0.25, -0.2) is 0 Å². The predicted octanol–water partition coefficient (Wildman–Crippen LogP) is 1.40. The molecule has 0 amide bonds. The zero-order chi connectivity index (χ0) is 8.85. The van der Waals surface area contributed by atoms with Crippen molar-refractivity contribution in [2.24, 2.45) is 5.73 Å². The van der Waals surface area contributed by atoms with Crippen molar-refractivity contribution in [1.29, 1.82) is 0 Å². The van der Waals surface area contributed by atoms with Crippen LogP contribution in [0.1, 0.15) is 20.8 Å². The van der Waals surface area contributed by atoms with Crippen molar-refractivity contribution in [3.8, 4) is 0 Å². The zero-order valence-corrected chi connectivity index (χ0v) is 7.70. The van der Waals surface area contributed by atoms with Gasteiger partial charge in [0.15, 0.2) is 0 Å². The third-order valence-corrected chi connectivity index (χ3v) is 1.69. The number of rotatable bonds is 4. The van der Waals surface area contributed by atoms with Gasteiger partial charge in [0, 0.05) is 18.8 Å². The van der Waals surface area contributed by atoms with E-state index in [2.05, 4.69) is 32.7 Å². The quantitative estimate of drug-likeness (QED) is 0.601. The van der Waals surface area contributed by atoms with Crippen molar-refractivity contribution in [3.63, 3.8) is 0 Å². The first-order chi connectivity index (χ1) is 5.09. The van der Waals surface area contributed by atoms with Crippen LogP contribution in [-0.2, 0) is 0 Å². The Hall–Kier alpha value is -0.760.